The Labute approximate surface area is 125 Å². The highest BCUT2D eigenvalue weighted by atomic mass is 79.9. The molecule has 2 rings (SSSR count). The van der Waals surface area contributed by atoms with Crippen LogP contribution >= 0.6 is 15.9 Å². The Balaban J connectivity index is 2.18. The first-order valence-electron chi connectivity index (χ1n) is 6.23. The zero-order chi connectivity index (χ0) is 14.7. The van der Waals surface area contributed by atoms with Gasteiger partial charge < -0.3 is 4.74 Å². The van der Waals surface area contributed by atoms with Gasteiger partial charge in [-0.1, -0.05) is 45.3 Å². The van der Waals surface area contributed by atoms with Gasteiger partial charge in [-0.05, 0) is 37.1 Å². The number of hydrogen-bond donors (Lipinski definition) is 0. The van der Waals surface area contributed by atoms with Crippen LogP contribution in [-0.2, 0) is 11.9 Å². The van der Waals surface area contributed by atoms with Crippen LogP contribution in [0.15, 0.2) is 30.3 Å². The molecule has 106 valence electrons. The molecule has 4 heteroatoms. The Morgan fingerprint density at radius 2 is 1.45 bits per heavy atom. The van der Waals surface area contributed by atoms with E-state index in [4.69, 9.17) is 4.74 Å². The molecule has 0 atom stereocenters. The van der Waals surface area contributed by atoms with Gasteiger partial charge in [-0.2, -0.15) is 0 Å². The highest BCUT2D eigenvalue weighted by molar-refractivity contribution is 9.08. The first-order valence-corrected chi connectivity index (χ1v) is 7.35. The van der Waals surface area contributed by atoms with Crippen molar-refractivity contribution in [2.75, 3.05) is 0 Å². The largest absolute Gasteiger partial charge is 0.483 e. The molecule has 0 amide bonds. The van der Waals surface area contributed by atoms with E-state index in [0.717, 1.165) is 16.7 Å². The van der Waals surface area contributed by atoms with Gasteiger partial charge in [-0.25, -0.2) is 8.78 Å². The van der Waals surface area contributed by atoms with Crippen LogP contribution in [0.5, 0.6) is 5.75 Å². The third-order valence-corrected chi connectivity index (χ3v) is 3.52. The van der Waals surface area contributed by atoms with Gasteiger partial charge in [0.2, 0.25) is 0 Å². The predicted molar refractivity (Wildman–Crippen MR) is 79.2 cm³/mol. The van der Waals surface area contributed by atoms with Crippen LogP contribution in [0.4, 0.5) is 8.78 Å². The van der Waals surface area contributed by atoms with E-state index in [1.165, 1.54) is 12.1 Å². The summed E-state index contributed by atoms with van der Waals surface area (Å²) in [5.41, 5.74) is 3.63. The number of halogens is 3. The molecule has 0 radical (unpaired) electrons. The predicted octanol–water partition coefficient (Wildman–Crippen LogP) is 5.06. The lowest BCUT2D eigenvalue weighted by molar-refractivity contribution is 0.274. The summed E-state index contributed by atoms with van der Waals surface area (Å²) in [4.78, 5) is 0. The zero-order valence-electron chi connectivity index (χ0n) is 11.3. The fourth-order valence-electron chi connectivity index (χ4n) is 2.14. The third kappa shape index (κ3) is 3.57. The standard InChI is InChI=1S/C16H15BrF2O/c1-10-3-11(2)5-13(4-10)9-20-16-14(18)6-12(8-17)7-15(16)19/h3-7H,8-9H2,1-2H3. The van der Waals surface area contributed by atoms with Crippen molar-refractivity contribution in [3.63, 3.8) is 0 Å². The summed E-state index contributed by atoms with van der Waals surface area (Å²) in [6.07, 6.45) is 0. The fourth-order valence-corrected chi connectivity index (χ4v) is 2.46. The van der Waals surface area contributed by atoms with E-state index in [1.807, 2.05) is 32.0 Å². The van der Waals surface area contributed by atoms with Gasteiger partial charge in [0, 0.05) is 5.33 Å². The number of alkyl halides is 1. The van der Waals surface area contributed by atoms with Crippen molar-refractivity contribution in [2.24, 2.45) is 0 Å². The van der Waals surface area contributed by atoms with Crippen LogP contribution in [0.3, 0.4) is 0 Å². The minimum atomic E-state index is -0.677. The molecule has 0 aliphatic carbocycles. The summed E-state index contributed by atoms with van der Waals surface area (Å²) >= 11 is 3.17. The Bertz CT molecular complexity index is 583. The first-order chi connectivity index (χ1) is 9.49. The summed E-state index contributed by atoms with van der Waals surface area (Å²) < 4.78 is 32.8. The maximum atomic E-state index is 13.8. The maximum Gasteiger partial charge on any atom is 0.191 e. The van der Waals surface area contributed by atoms with E-state index in [1.54, 1.807) is 0 Å². The van der Waals surface area contributed by atoms with Crippen molar-refractivity contribution in [1.82, 2.24) is 0 Å². The molecule has 0 saturated carbocycles. The molecule has 0 N–H and O–H groups in total. The highest BCUT2D eigenvalue weighted by Gasteiger charge is 2.12. The third-order valence-electron chi connectivity index (χ3n) is 2.88. The molecule has 20 heavy (non-hydrogen) atoms. The Hall–Kier alpha value is -1.42. The van der Waals surface area contributed by atoms with Gasteiger partial charge >= 0.3 is 0 Å². The van der Waals surface area contributed by atoms with Crippen molar-refractivity contribution in [3.8, 4) is 5.75 Å². The van der Waals surface area contributed by atoms with Gasteiger partial charge in [-0.3, -0.25) is 0 Å². The van der Waals surface area contributed by atoms with Crippen LogP contribution in [0.2, 0.25) is 0 Å². The normalized spacial score (nSPS) is 10.7. The van der Waals surface area contributed by atoms with E-state index in [2.05, 4.69) is 15.9 Å². The average molecular weight is 341 g/mol. The second kappa shape index (κ2) is 6.35. The SMILES string of the molecule is Cc1cc(C)cc(COc2c(F)cc(CBr)cc2F)c1. The number of benzene rings is 2. The van der Waals surface area contributed by atoms with Crippen molar-refractivity contribution < 1.29 is 13.5 Å². The van der Waals surface area contributed by atoms with Crippen LogP contribution in [0.1, 0.15) is 22.3 Å². The minimum Gasteiger partial charge on any atom is -0.483 e. The summed E-state index contributed by atoms with van der Waals surface area (Å²) in [5.74, 6) is -1.68. The monoisotopic (exact) mass is 340 g/mol. The van der Waals surface area contributed by atoms with Crippen molar-refractivity contribution in [1.29, 1.82) is 0 Å². The van der Waals surface area contributed by atoms with E-state index < -0.39 is 11.6 Å². The molecule has 0 bridgehead atoms. The lowest BCUT2D eigenvalue weighted by Gasteiger charge is -2.10. The molecule has 2 aromatic carbocycles. The number of ether oxygens (including phenoxy) is 1. The van der Waals surface area contributed by atoms with E-state index in [-0.39, 0.29) is 12.4 Å². The van der Waals surface area contributed by atoms with Crippen LogP contribution in [0.25, 0.3) is 0 Å². The summed E-state index contributed by atoms with van der Waals surface area (Å²) in [5, 5.41) is 0.401. The molecule has 0 aliphatic rings. The highest BCUT2D eigenvalue weighted by Crippen LogP contribution is 2.25. The van der Waals surface area contributed by atoms with Gasteiger partial charge in [-0.15, -0.1) is 0 Å². The molecule has 0 saturated heterocycles. The zero-order valence-corrected chi connectivity index (χ0v) is 12.9. The fraction of sp³-hybridized carbons (Fsp3) is 0.250. The molecule has 0 aromatic heterocycles. The van der Waals surface area contributed by atoms with E-state index in [0.29, 0.717) is 10.9 Å². The number of aryl methyl sites for hydroxylation is 2. The lowest BCUT2D eigenvalue weighted by atomic mass is 10.1. The molecule has 0 aliphatic heterocycles. The topological polar surface area (TPSA) is 9.23 Å². The molecular weight excluding hydrogens is 326 g/mol. The van der Waals surface area contributed by atoms with Crippen molar-refractivity contribution >= 4 is 15.9 Å². The Morgan fingerprint density at radius 1 is 0.900 bits per heavy atom. The Kier molecular flexibility index (Phi) is 4.76. The average Bonchev–Trinajstić information content (AvgIpc) is 2.36. The van der Waals surface area contributed by atoms with Gasteiger partial charge in [0.1, 0.15) is 6.61 Å². The van der Waals surface area contributed by atoms with E-state index in [9.17, 15) is 8.78 Å². The second-order valence-corrected chi connectivity index (χ2v) is 5.37. The molecule has 0 heterocycles. The molecule has 0 fully saturated rings. The maximum absolute atomic E-state index is 13.8. The summed E-state index contributed by atoms with van der Waals surface area (Å²) in [6, 6.07) is 8.46. The van der Waals surface area contributed by atoms with E-state index >= 15 is 0 Å². The molecular formula is C16H15BrF2O. The summed E-state index contributed by atoms with van der Waals surface area (Å²) in [7, 11) is 0. The van der Waals surface area contributed by atoms with Gasteiger partial charge in [0.05, 0.1) is 0 Å². The smallest absolute Gasteiger partial charge is 0.191 e. The molecule has 2 aromatic rings. The first kappa shape index (κ1) is 15.0. The van der Waals surface area contributed by atoms with Crippen LogP contribution in [0, 0.1) is 25.5 Å². The van der Waals surface area contributed by atoms with Gasteiger partial charge in [0.15, 0.2) is 17.4 Å². The molecule has 1 nitrogen and oxygen atoms in total. The van der Waals surface area contributed by atoms with Crippen molar-refractivity contribution in [3.05, 3.63) is 64.2 Å². The quantitative estimate of drug-likeness (QED) is 0.707. The molecule has 0 spiro atoms. The molecule has 0 unspecified atom stereocenters. The lowest BCUT2D eigenvalue weighted by Crippen LogP contribution is -2.01. The Morgan fingerprint density at radius 3 is 1.95 bits per heavy atom. The number of hydrogen-bond acceptors (Lipinski definition) is 1. The van der Waals surface area contributed by atoms with Crippen molar-refractivity contribution in [2.45, 2.75) is 25.8 Å². The van der Waals surface area contributed by atoms with Gasteiger partial charge in [0.25, 0.3) is 0 Å². The second-order valence-electron chi connectivity index (χ2n) is 4.81. The number of rotatable bonds is 4. The van der Waals surface area contributed by atoms with Crippen LogP contribution in [-0.4, -0.2) is 0 Å². The summed E-state index contributed by atoms with van der Waals surface area (Å²) in [6.45, 7) is 4.09. The minimum absolute atomic E-state index is 0.143. The van der Waals surface area contributed by atoms with Crippen LogP contribution < -0.4 is 4.74 Å².